The molecule has 0 amide bonds. The number of aromatic nitrogens is 1. The molecule has 5 rings (SSSR count). The van der Waals surface area contributed by atoms with Gasteiger partial charge < -0.3 is 9.15 Å². The van der Waals surface area contributed by atoms with Crippen LogP contribution in [0.1, 0.15) is 31.2 Å². The molecule has 1 aliphatic rings. The maximum atomic E-state index is 13.7. The Hall–Kier alpha value is -2.91. The van der Waals surface area contributed by atoms with Crippen molar-refractivity contribution in [2.45, 2.75) is 19.9 Å². The summed E-state index contributed by atoms with van der Waals surface area (Å²) >= 11 is 17.2. The molecule has 0 bridgehead atoms. The van der Waals surface area contributed by atoms with Crippen molar-refractivity contribution in [3.63, 3.8) is 0 Å². The minimum absolute atomic E-state index is 0.213. The molecule has 0 saturated carbocycles. The molecule has 0 spiro atoms. The summed E-state index contributed by atoms with van der Waals surface area (Å²) in [6.45, 7) is 3.71. The third kappa shape index (κ3) is 4.86. The quantitative estimate of drug-likeness (QED) is 0.253. The van der Waals surface area contributed by atoms with Crippen LogP contribution in [-0.2, 0) is 9.53 Å². The zero-order valence-corrected chi connectivity index (χ0v) is 23.5. The normalized spacial score (nSPS) is 15.5. The molecule has 0 fully saturated rings. The molecule has 6 nitrogen and oxygen atoms in total. The van der Waals surface area contributed by atoms with E-state index in [1.54, 1.807) is 44.2 Å². The van der Waals surface area contributed by atoms with E-state index in [0.717, 1.165) is 10.0 Å². The highest BCUT2D eigenvalue weighted by molar-refractivity contribution is 9.10. The van der Waals surface area contributed by atoms with Gasteiger partial charge in [-0.15, -0.1) is 0 Å². The Balaban J connectivity index is 1.64. The first-order valence-electron chi connectivity index (χ1n) is 11.3. The van der Waals surface area contributed by atoms with Crippen LogP contribution in [0.4, 0.5) is 0 Å². The van der Waals surface area contributed by atoms with E-state index in [1.165, 1.54) is 15.9 Å². The van der Waals surface area contributed by atoms with Crippen molar-refractivity contribution in [1.82, 2.24) is 4.57 Å². The zero-order valence-electron chi connectivity index (χ0n) is 19.6. The Bertz CT molecular complexity index is 1730. The number of ether oxygens (including phenoxy) is 1. The standard InChI is InChI=1S/C27H19BrCl2N2O4S/c1-3-35-26(34)22-14(2)31-27-32(24(22)15-7-9-16(28)10-8-15)25(33)21(37-27)13-17-11-12-20(36-17)18-5-4-6-19(29)23(18)30/h4-13,24H,3H2,1-2H3/b21-13+. The fourth-order valence-corrected chi connectivity index (χ4v) is 5.84. The van der Waals surface area contributed by atoms with E-state index in [9.17, 15) is 9.59 Å². The van der Waals surface area contributed by atoms with E-state index in [-0.39, 0.29) is 12.2 Å². The Kier molecular flexibility index (Phi) is 7.27. The van der Waals surface area contributed by atoms with Crippen molar-refractivity contribution >= 4 is 62.5 Å². The zero-order chi connectivity index (χ0) is 26.3. The number of hydrogen-bond donors (Lipinski definition) is 0. The number of nitrogens with zero attached hydrogens (tertiary/aromatic N) is 2. The van der Waals surface area contributed by atoms with Crippen LogP contribution < -0.4 is 14.9 Å². The molecular weight excluding hydrogens is 599 g/mol. The summed E-state index contributed by atoms with van der Waals surface area (Å²) in [7, 11) is 0. The van der Waals surface area contributed by atoms with Crippen molar-refractivity contribution in [3.8, 4) is 11.3 Å². The van der Waals surface area contributed by atoms with Gasteiger partial charge in [-0.05, 0) is 55.8 Å². The fourth-order valence-electron chi connectivity index (χ4n) is 4.15. The van der Waals surface area contributed by atoms with Gasteiger partial charge in [-0.25, -0.2) is 9.79 Å². The summed E-state index contributed by atoms with van der Waals surface area (Å²) in [6.07, 6.45) is 1.66. The monoisotopic (exact) mass is 616 g/mol. The van der Waals surface area contributed by atoms with E-state index in [2.05, 4.69) is 20.9 Å². The molecule has 1 atom stereocenters. The molecule has 2 aromatic carbocycles. The van der Waals surface area contributed by atoms with Crippen molar-refractivity contribution in [2.24, 2.45) is 4.99 Å². The van der Waals surface area contributed by atoms with Crippen molar-refractivity contribution in [2.75, 3.05) is 6.61 Å². The highest BCUT2D eigenvalue weighted by Crippen LogP contribution is 2.35. The SMILES string of the molecule is CCOC(=O)C1=C(C)N=c2s/c(=C/c3ccc(-c4cccc(Cl)c4Cl)o3)c(=O)n2C1c1ccc(Br)cc1. The van der Waals surface area contributed by atoms with Gasteiger partial charge in [-0.1, -0.05) is 68.7 Å². The van der Waals surface area contributed by atoms with Gasteiger partial charge in [0, 0.05) is 16.1 Å². The van der Waals surface area contributed by atoms with Gasteiger partial charge in [0.2, 0.25) is 0 Å². The molecule has 2 aromatic heterocycles. The molecule has 10 heteroatoms. The van der Waals surface area contributed by atoms with Crippen LogP contribution in [0, 0.1) is 0 Å². The number of benzene rings is 2. The van der Waals surface area contributed by atoms with Gasteiger partial charge in [0.05, 0.1) is 38.5 Å². The summed E-state index contributed by atoms with van der Waals surface area (Å²) in [4.78, 5) is 31.7. The average molecular weight is 618 g/mol. The summed E-state index contributed by atoms with van der Waals surface area (Å²) in [5.41, 5.74) is 1.98. The molecule has 0 aliphatic carbocycles. The molecule has 1 aliphatic heterocycles. The number of carbonyl (C=O) groups excluding carboxylic acids is 1. The predicted molar refractivity (Wildman–Crippen MR) is 149 cm³/mol. The molecule has 0 radical (unpaired) electrons. The smallest absolute Gasteiger partial charge is 0.338 e. The topological polar surface area (TPSA) is 73.8 Å². The second kappa shape index (κ2) is 10.5. The molecule has 37 heavy (non-hydrogen) atoms. The van der Waals surface area contributed by atoms with Gasteiger partial charge in [-0.2, -0.15) is 0 Å². The summed E-state index contributed by atoms with van der Waals surface area (Å²) in [5, 5.41) is 0.812. The van der Waals surface area contributed by atoms with Crippen LogP contribution in [0.5, 0.6) is 0 Å². The van der Waals surface area contributed by atoms with Gasteiger partial charge in [0.15, 0.2) is 4.80 Å². The van der Waals surface area contributed by atoms with E-state index >= 15 is 0 Å². The molecular formula is C27H19BrCl2N2O4S. The lowest BCUT2D eigenvalue weighted by Crippen LogP contribution is -2.39. The fraction of sp³-hybridized carbons (Fsp3) is 0.148. The molecule has 4 aromatic rings. The van der Waals surface area contributed by atoms with Gasteiger partial charge in [0.1, 0.15) is 11.5 Å². The number of rotatable bonds is 5. The largest absolute Gasteiger partial charge is 0.463 e. The predicted octanol–water partition coefficient (Wildman–Crippen LogP) is 6.13. The number of esters is 1. The van der Waals surface area contributed by atoms with Crippen LogP contribution in [0.3, 0.4) is 0 Å². The first-order chi connectivity index (χ1) is 17.8. The number of halogens is 3. The first kappa shape index (κ1) is 25.7. The lowest BCUT2D eigenvalue weighted by atomic mass is 9.96. The minimum Gasteiger partial charge on any atom is -0.463 e. The highest BCUT2D eigenvalue weighted by atomic mass is 79.9. The van der Waals surface area contributed by atoms with Crippen LogP contribution in [0.2, 0.25) is 10.0 Å². The number of hydrogen-bond acceptors (Lipinski definition) is 6. The number of carbonyl (C=O) groups is 1. The number of furan rings is 1. The van der Waals surface area contributed by atoms with Crippen molar-refractivity contribution < 1.29 is 13.9 Å². The summed E-state index contributed by atoms with van der Waals surface area (Å²) < 4.78 is 14.1. The van der Waals surface area contributed by atoms with E-state index in [1.807, 2.05) is 30.3 Å². The lowest BCUT2D eigenvalue weighted by molar-refractivity contribution is -0.139. The molecule has 0 saturated heterocycles. The second-order valence-electron chi connectivity index (χ2n) is 8.16. The van der Waals surface area contributed by atoms with Crippen LogP contribution in [0.15, 0.2) is 84.5 Å². The summed E-state index contributed by atoms with van der Waals surface area (Å²) in [6, 6.07) is 15.6. The Morgan fingerprint density at radius 2 is 1.95 bits per heavy atom. The Morgan fingerprint density at radius 3 is 2.68 bits per heavy atom. The first-order valence-corrected chi connectivity index (χ1v) is 13.6. The molecule has 1 unspecified atom stereocenters. The number of fused-ring (bicyclic) bond motifs is 1. The molecule has 188 valence electrons. The van der Waals surface area contributed by atoms with Gasteiger partial charge in [0.25, 0.3) is 5.56 Å². The average Bonchev–Trinajstić information content (AvgIpc) is 3.45. The molecule has 0 N–H and O–H groups in total. The van der Waals surface area contributed by atoms with Gasteiger partial charge in [-0.3, -0.25) is 9.36 Å². The van der Waals surface area contributed by atoms with E-state index in [0.29, 0.717) is 47.7 Å². The third-order valence-electron chi connectivity index (χ3n) is 5.82. The Labute approximate surface area is 234 Å². The highest BCUT2D eigenvalue weighted by Gasteiger charge is 2.33. The molecule has 3 heterocycles. The Morgan fingerprint density at radius 1 is 1.19 bits per heavy atom. The van der Waals surface area contributed by atoms with Crippen LogP contribution >= 0.6 is 50.5 Å². The van der Waals surface area contributed by atoms with E-state index < -0.39 is 12.0 Å². The maximum Gasteiger partial charge on any atom is 0.338 e. The second-order valence-corrected chi connectivity index (χ2v) is 10.9. The maximum absolute atomic E-state index is 13.7. The van der Waals surface area contributed by atoms with E-state index in [4.69, 9.17) is 32.4 Å². The number of allylic oxidation sites excluding steroid dienone is 1. The summed E-state index contributed by atoms with van der Waals surface area (Å²) in [5.74, 6) is 0.498. The lowest BCUT2D eigenvalue weighted by Gasteiger charge is -2.24. The minimum atomic E-state index is -0.678. The van der Waals surface area contributed by atoms with Gasteiger partial charge >= 0.3 is 5.97 Å². The van der Waals surface area contributed by atoms with Crippen molar-refractivity contribution in [1.29, 1.82) is 0 Å². The van der Waals surface area contributed by atoms with Crippen LogP contribution in [0.25, 0.3) is 17.4 Å². The third-order valence-corrected chi connectivity index (χ3v) is 8.15. The van der Waals surface area contributed by atoms with Crippen LogP contribution in [-0.4, -0.2) is 17.1 Å². The number of thiazole rings is 1. The van der Waals surface area contributed by atoms with Crippen molar-refractivity contribution in [3.05, 3.63) is 111 Å².